The Morgan fingerprint density at radius 1 is 1.41 bits per heavy atom. The molecule has 1 heterocycles. The van der Waals surface area contributed by atoms with Gasteiger partial charge in [0.25, 0.3) is 0 Å². The van der Waals surface area contributed by atoms with Crippen LogP contribution >= 0.6 is 0 Å². The quantitative estimate of drug-likeness (QED) is 0.819. The van der Waals surface area contributed by atoms with Gasteiger partial charge in [-0.05, 0) is 34.1 Å². The van der Waals surface area contributed by atoms with Gasteiger partial charge in [-0.3, -0.25) is 0 Å². The lowest BCUT2D eigenvalue weighted by molar-refractivity contribution is 0.186. The van der Waals surface area contributed by atoms with Gasteiger partial charge in [-0.2, -0.15) is 5.10 Å². The number of aliphatic hydroxyl groups excluding tert-OH is 1. The second-order valence-electron chi connectivity index (χ2n) is 4.92. The third kappa shape index (κ3) is 3.12. The molecule has 1 rings (SSSR count). The first kappa shape index (κ1) is 13.8. The lowest BCUT2D eigenvalue weighted by Crippen LogP contribution is -2.25. The van der Waals surface area contributed by atoms with Crippen molar-refractivity contribution in [2.75, 3.05) is 24.2 Å². The van der Waals surface area contributed by atoms with Gasteiger partial charge in [0.15, 0.2) is 5.82 Å². The molecule has 0 aliphatic carbocycles. The number of nitrogens with zero attached hydrogens (tertiary/aromatic N) is 3. The molecule has 3 N–H and O–H groups in total. The van der Waals surface area contributed by atoms with E-state index in [1.54, 1.807) is 6.92 Å². The lowest BCUT2D eigenvalue weighted by Gasteiger charge is -2.23. The van der Waals surface area contributed by atoms with Crippen LogP contribution in [0.5, 0.6) is 0 Å². The number of aliphatic hydroxyl groups is 1. The third-order valence-electron chi connectivity index (χ3n) is 2.84. The van der Waals surface area contributed by atoms with Crippen molar-refractivity contribution < 1.29 is 5.11 Å². The Kier molecular flexibility index (Phi) is 4.40. The minimum absolute atomic E-state index is 0.273. The standard InChI is InChI=1S/C12H24N4O/c1-8(2)16-12(11(13)10(4)14-16)15(5)7-6-9(3)17/h8-9,17H,6-7,13H2,1-5H3. The minimum atomic E-state index is -0.296. The van der Waals surface area contributed by atoms with E-state index in [1.165, 1.54) is 0 Å². The molecule has 0 saturated carbocycles. The molecular weight excluding hydrogens is 216 g/mol. The molecule has 98 valence electrons. The highest BCUT2D eigenvalue weighted by molar-refractivity contribution is 5.66. The first-order valence-corrected chi connectivity index (χ1v) is 6.08. The van der Waals surface area contributed by atoms with Gasteiger partial charge >= 0.3 is 0 Å². The molecule has 0 aromatic carbocycles. The van der Waals surface area contributed by atoms with E-state index in [2.05, 4.69) is 23.8 Å². The molecule has 0 aliphatic heterocycles. The molecule has 0 bridgehead atoms. The Balaban J connectivity index is 2.94. The Morgan fingerprint density at radius 2 is 2.00 bits per heavy atom. The van der Waals surface area contributed by atoms with Crippen molar-refractivity contribution in [3.8, 4) is 0 Å². The van der Waals surface area contributed by atoms with E-state index < -0.39 is 0 Å². The summed E-state index contributed by atoms with van der Waals surface area (Å²) in [5, 5.41) is 13.8. The number of nitrogen functional groups attached to an aromatic ring is 1. The molecule has 1 unspecified atom stereocenters. The van der Waals surface area contributed by atoms with E-state index in [0.29, 0.717) is 0 Å². The summed E-state index contributed by atoms with van der Waals surface area (Å²) >= 11 is 0. The largest absolute Gasteiger partial charge is 0.394 e. The highest BCUT2D eigenvalue weighted by Crippen LogP contribution is 2.28. The molecule has 0 saturated heterocycles. The van der Waals surface area contributed by atoms with Crippen LogP contribution in [-0.2, 0) is 0 Å². The maximum absolute atomic E-state index is 9.32. The predicted octanol–water partition coefficient (Wildman–Crippen LogP) is 1.56. The van der Waals surface area contributed by atoms with Crippen LogP contribution in [0.1, 0.15) is 38.9 Å². The zero-order chi connectivity index (χ0) is 13.2. The van der Waals surface area contributed by atoms with E-state index in [4.69, 9.17) is 5.73 Å². The number of nitrogens with two attached hydrogens (primary N) is 1. The fourth-order valence-electron chi connectivity index (χ4n) is 1.77. The Bertz CT molecular complexity index is 371. The highest BCUT2D eigenvalue weighted by atomic mass is 16.3. The average Bonchev–Trinajstić information content (AvgIpc) is 2.52. The third-order valence-corrected chi connectivity index (χ3v) is 2.84. The van der Waals surface area contributed by atoms with Gasteiger partial charge in [-0.1, -0.05) is 0 Å². The number of hydrogen-bond acceptors (Lipinski definition) is 4. The van der Waals surface area contributed by atoms with E-state index in [0.717, 1.165) is 30.2 Å². The molecule has 1 aromatic rings. The zero-order valence-electron chi connectivity index (χ0n) is 11.4. The van der Waals surface area contributed by atoms with E-state index in [1.807, 2.05) is 18.7 Å². The summed E-state index contributed by atoms with van der Waals surface area (Å²) in [7, 11) is 1.98. The van der Waals surface area contributed by atoms with Gasteiger partial charge in [-0.15, -0.1) is 0 Å². The van der Waals surface area contributed by atoms with Gasteiger partial charge in [0, 0.05) is 19.6 Å². The average molecular weight is 240 g/mol. The number of aryl methyl sites for hydroxylation is 1. The molecule has 5 heteroatoms. The number of hydrogen-bond donors (Lipinski definition) is 2. The summed E-state index contributed by atoms with van der Waals surface area (Å²) in [4.78, 5) is 2.06. The monoisotopic (exact) mass is 240 g/mol. The molecule has 5 nitrogen and oxygen atoms in total. The van der Waals surface area contributed by atoms with E-state index in [-0.39, 0.29) is 12.1 Å². The molecular formula is C12H24N4O. The van der Waals surface area contributed by atoms with Crippen molar-refractivity contribution in [1.82, 2.24) is 9.78 Å². The molecule has 0 fully saturated rings. The van der Waals surface area contributed by atoms with Crippen LogP contribution < -0.4 is 10.6 Å². The molecule has 17 heavy (non-hydrogen) atoms. The van der Waals surface area contributed by atoms with Crippen molar-refractivity contribution in [1.29, 1.82) is 0 Å². The van der Waals surface area contributed by atoms with Crippen molar-refractivity contribution in [3.63, 3.8) is 0 Å². The topological polar surface area (TPSA) is 67.3 Å². The van der Waals surface area contributed by atoms with Crippen LogP contribution in [-0.4, -0.2) is 34.6 Å². The normalized spacial score (nSPS) is 13.1. The zero-order valence-corrected chi connectivity index (χ0v) is 11.4. The second kappa shape index (κ2) is 5.40. The molecule has 0 radical (unpaired) electrons. The SMILES string of the molecule is Cc1nn(C(C)C)c(N(C)CCC(C)O)c1N. The first-order valence-electron chi connectivity index (χ1n) is 6.08. The maximum Gasteiger partial charge on any atom is 0.150 e. The smallest absolute Gasteiger partial charge is 0.150 e. The summed E-state index contributed by atoms with van der Waals surface area (Å²) in [5.41, 5.74) is 7.65. The number of anilines is 2. The summed E-state index contributed by atoms with van der Waals surface area (Å²) in [6, 6.07) is 0.273. The summed E-state index contributed by atoms with van der Waals surface area (Å²) in [6.45, 7) is 8.64. The second-order valence-corrected chi connectivity index (χ2v) is 4.92. The predicted molar refractivity (Wildman–Crippen MR) is 71.3 cm³/mol. The van der Waals surface area contributed by atoms with Crippen molar-refractivity contribution in [2.24, 2.45) is 0 Å². The van der Waals surface area contributed by atoms with Crippen LogP contribution in [0.4, 0.5) is 11.5 Å². The molecule has 1 atom stereocenters. The fourth-order valence-corrected chi connectivity index (χ4v) is 1.77. The first-order chi connectivity index (χ1) is 7.84. The summed E-state index contributed by atoms with van der Waals surface area (Å²) < 4.78 is 1.94. The Labute approximate surface area is 103 Å². The van der Waals surface area contributed by atoms with E-state index >= 15 is 0 Å². The summed E-state index contributed by atoms with van der Waals surface area (Å²) in [5.74, 6) is 0.943. The van der Waals surface area contributed by atoms with Crippen molar-refractivity contribution in [3.05, 3.63) is 5.69 Å². The molecule has 0 amide bonds. The van der Waals surface area contributed by atoms with Gasteiger partial charge in [-0.25, -0.2) is 4.68 Å². The fraction of sp³-hybridized carbons (Fsp3) is 0.750. The van der Waals surface area contributed by atoms with Crippen LogP contribution in [0.25, 0.3) is 0 Å². The van der Waals surface area contributed by atoms with E-state index in [9.17, 15) is 5.11 Å². The van der Waals surface area contributed by atoms with Crippen molar-refractivity contribution in [2.45, 2.75) is 46.3 Å². The Hall–Kier alpha value is -1.23. The van der Waals surface area contributed by atoms with Crippen LogP contribution in [0, 0.1) is 6.92 Å². The number of rotatable bonds is 5. The Morgan fingerprint density at radius 3 is 2.47 bits per heavy atom. The highest BCUT2D eigenvalue weighted by Gasteiger charge is 2.18. The van der Waals surface area contributed by atoms with Crippen LogP contribution in [0.15, 0.2) is 0 Å². The van der Waals surface area contributed by atoms with Gasteiger partial charge in [0.1, 0.15) is 0 Å². The lowest BCUT2D eigenvalue weighted by atomic mass is 10.2. The molecule has 1 aromatic heterocycles. The minimum Gasteiger partial charge on any atom is -0.394 e. The summed E-state index contributed by atoms with van der Waals surface area (Å²) in [6.07, 6.45) is 0.424. The molecule has 0 spiro atoms. The van der Waals surface area contributed by atoms with Crippen molar-refractivity contribution >= 4 is 11.5 Å². The van der Waals surface area contributed by atoms with Crippen LogP contribution in [0.2, 0.25) is 0 Å². The van der Waals surface area contributed by atoms with Gasteiger partial charge in [0.05, 0.1) is 17.5 Å². The van der Waals surface area contributed by atoms with Crippen LogP contribution in [0.3, 0.4) is 0 Å². The van der Waals surface area contributed by atoms with Gasteiger partial charge < -0.3 is 15.7 Å². The molecule has 0 aliphatic rings. The maximum atomic E-state index is 9.32. The number of aromatic nitrogens is 2. The van der Waals surface area contributed by atoms with Gasteiger partial charge in [0.2, 0.25) is 0 Å².